The van der Waals surface area contributed by atoms with Gasteiger partial charge in [0.25, 0.3) is 0 Å². The van der Waals surface area contributed by atoms with Crippen molar-refractivity contribution >= 4 is 52.3 Å². The summed E-state index contributed by atoms with van der Waals surface area (Å²) in [5, 5.41) is 11.0. The van der Waals surface area contributed by atoms with E-state index in [1.54, 1.807) is 35.2 Å². The highest BCUT2D eigenvalue weighted by Crippen LogP contribution is 2.22. The first kappa shape index (κ1) is 17.7. The zero-order valence-corrected chi connectivity index (χ0v) is 15.6. The average Bonchev–Trinajstić information content (AvgIpc) is 3.17. The standard InChI is InChI=1S/C17H14Cl2N4OS/c1-11-21-14(10-25-11)4-5-17(24)22-16-6-7-20-23(16)9-12-2-3-13(18)8-15(12)19/h2-8,10H,9H2,1H3,(H,22,24)/b5-4+. The van der Waals surface area contributed by atoms with E-state index in [4.69, 9.17) is 23.2 Å². The molecule has 0 aliphatic carbocycles. The number of thiazole rings is 1. The maximum Gasteiger partial charge on any atom is 0.249 e. The number of carbonyl (C=O) groups excluding carboxylic acids is 1. The van der Waals surface area contributed by atoms with E-state index in [9.17, 15) is 4.79 Å². The number of halogens is 2. The number of aromatic nitrogens is 3. The van der Waals surface area contributed by atoms with Gasteiger partial charge in [0.15, 0.2) is 0 Å². The third kappa shape index (κ3) is 4.69. The zero-order valence-electron chi connectivity index (χ0n) is 13.2. The molecule has 0 fully saturated rings. The second-order valence-corrected chi connectivity index (χ2v) is 7.13. The summed E-state index contributed by atoms with van der Waals surface area (Å²) < 4.78 is 1.66. The number of carbonyl (C=O) groups is 1. The molecule has 2 heterocycles. The van der Waals surface area contributed by atoms with E-state index in [0.717, 1.165) is 16.3 Å². The van der Waals surface area contributed by atoms with Crippen molar-refractivity contribution in [3.05, 3.63) is 68.2 Å². The summed E-state index contributed by atoms with van der Waals surface area (Å²) in [5.74, 6) is 0.324. The normalized spacial score (nSPS) is 11.2. The van der Waals surface area contributed by atoms with Crippen molar-refractivity contribution in [3.8, 4) is 0 Å². The van der Waals surface area contributed by atoms with Gasteiger partial charge in [-0.3, -0.25) is 4.79 Å². The van der Waals surface area contributed by atoms with Crippen molar-refractivity contribution in [1.82, 2.24) is 14.8 Å². The summed E-state index contributed by atoms with van der Waals surface area (Å²) in [6.07, 6.45) is 4.74. The summed E-state index contributed by atoms with van der Waals surface area (Å²) in [5.41, 5.74) is 1.62. The Balaban J connectivity index is 1.69. The summed E-state index contributed by atoms with van der Waals surface area (Å²) >= 11 is 13.6. The van der Waals surface area contributed by atoms with Crippen LogP contribution in [-0.4, -0.2) is 20.7 Å². The molecule has 0 saturated carbocycles. The van der Waals surface area contributed by atoms with Crippen molar-refractivity contribution in [1.29, 1.82) is 0 Å². The Hall–Kier alpha value is -2.15. The Morgan fingerprint density at radius 2 is 2.20 bits per heavy atom. The van der Waals surface area contributed by atoms with Crippen LogP contribution in [0.25, 0.3) is 6.08 Å². The van der Waals surface area contributed by atoms with E-state index >= 15 is 0 Å². The van der Waals surface area contributed by atoms with E-state index in [0.29, 0.717) is 22.4 Å². The van der Waals surface area contributed by atoms with Gasteiger partial charge in [-0.15, -0.1) is 11.3 Å². The molecule has 0 saturated heterocycles. The molecular weight excluding hydrogens is 379 g/mol. The monoisotopic (exact) mass is 392 g/mol. The van der Waals surface area contributed by atoms with Crippen molar-refractivity contribution in [2.45, 2.75) is 13.5 Å². The lowest BCUT2D eigenvalue weighted by molar-refractivity contribution is -0.111. The highest BCUT2D eigenvalue weighted by Gasteiger charge is 2.08. The number of hydrogen-bond donors (Lipinski definition) is 1. The quantitative estimate of drug-likeness (QED) is 0.642. The maximum atomic E-state index is 12.1. The third-order valence-electron chi connectivity index (χ3n) is 3.35. The predicted molar refractivity (Wildman–Crippen MR) is 102 cm³/mol. The lowest BCUT2D eigenvalue weighted by Crippen LogP contribution is -2.14. The molecule has 2 aromatic heterocycles. The number of nitrogens with zero attached hydrogens (tertiary/aromatic N) is 3. The van der Waals surface area contributed by atoms with Crippen LogP contribution in [0.2, 0.25) is 10.0 Å². The molecule has 25 heavy (non-hydrogen) atoms. The van der Waals surface area contributed by atoms with Crippen molar-refractivity contribution in [3.63, 3.8) is 0 Å². The number of amides is 1. The van der Waals surface area contributed by atoms with Gasteiger partial charge in [-0.2, -0.15) is 5.10 Å². The van der Waals surface area contributed by atoms with Crippen LogP contribution in [0.5, 0.6) is 0 Å². The lowest BCUT2D eigenvalue weighted by atomic mass is 10.2. The van der Waals surface area contributed by atoms with Crippen molar-refractivity contribution < 1.29 is 4.79 Å². The predicted octanol–water partition coefficient (Wildman–Crippen LogP) is 4.66. The Labute approximate surface area is 158 Å². The van der Waals surface area contributed by atoms with Gasteiger partial charge in [-0.25, -0.2) is 9.67 Å². The summed E-state index contributed by atoms with van der Waals surface area (Å²) in [6.45, 7) is 2.34. The molecular formula is C17H14Cl2N4OS. The molecule has 1 aromatic carbocycles. The van der Waals surface area contributed by atoms with Crippen LogP contribution in [0.1, 0.15) is 16.3 Å². The smallest absolute Gasteiger partial charge is 0.249 e. The number of hydrogen-bond acceptors (Lipinski definition) is 4. The molecule has 0 atom stereocenters. The molecule has 0 unspecified atom stereocenters. The summed E-state index contributed by atoms with van der Waals surface area (Å²) in [6, 6.07) is 7.01. The number of aryl methyl sites for hydroxylation is 1. The fourth-order valence-corrected chi connectivity index (χ4v) is 3.21. The van der Waals surface area contributed by atoms with Crippen LogP contribution in [-0.2, 0) is 11.3 Å². The van der Waals surface area contributed by atoms with Gasteiger partial charge in [0.2, 0.25) is 5.91 Å². The zero-order chi connectivity index (χ0) is 17.8. The molecule has 0 bridgehead atoms. The van der Waals surface area contributed by atoms with Gasteiger partial charge in [0.05, 0.1) is 23.4 Å². The molecule has 1 N–H and O–H groups in total. The Morgan fingerprint density at radius 1 is 1.36 bits per heavy atom. The first-order valence-electron chi connectivity index (χ1n) is 7.38. The minimum atomic E-state index is -0.255. The number of benzene rings is 1. The molecule has 0 aliphatic heterocycles. The van der Waals surface area contributed by atoms with Crippen LogP contribution >= 0.6 is 34.5 Å². The van der Waals surface area contributed by atoms with E-state index in [2.05, 4.69) is 15.4 Å². The fourth-order valence-electron chi connectivity index (χ4n) is 2.16. The molecule has 8 heteroatoms. The lowest BCUT2D eigenvalue weighted by Gasteiger charge is -2.09. The van der Waals surface area contributed by atoms with E-state index in [1.165, 1.54) is 17.4 Å². The van der Waals surface area contributed by atoms with Crippen molar-refractivity contribution in [2.75, 3.05) is 5.32 Å². The molecule has 5 nitrogen and oxygen atoms in total. The average molecular weight is 393 g/mol. The Bertz CT molecular complexity index is 932. The van der Waals surface area contributed by atoms with E-state index in [1.807, 2.05) is 18.4 Å². The Morgan fingerprint density at radius 3 is 2.92 bits per heavy atom. The number of anilines is 1. The van der Waals surface area contributed by atoms with Crippen LogP contribution in [0.4, 0.5) is 5.82 Å². The van der Waals surface area contributed by atoms with Gasteiger partial charge < -0.3 is 5.32 Å². The number of rotatable bonds is 5. The highest BCUT2D eigenvalue weighted by molar-refractivity contribution is 7.09. The van der Waals surface area contributed by atoms with Crippen LogP contribution in [0, 0.1) is 6.92 Å². The van der Waals surface area contributed by atoms with Gasteiger partial charge in [-0.1, -0.05) is 29.3 Å². The summed E-state index contributed by atoms with van der Waals surface area (Å²) in [4.78, 5) is 16.4. The van der Waals surface area contributed by atoms with E-state index < -0.39 is 0 Å². The number of nitrogens with one attached hydrogen (secondary N) is 1. The van der Waals surface area contributed by atoms with Crippen LogP contribution in [0.3, 0.4) is 0 Å². The minimum absolute atomic E-state index is 0.255. The van der Waals surface area contributed by atoms with Gasteiger partial charge in [0, 0.05) is 27.6 Å². The first-order chi connectivity index (χ1) is 12.0. The SMILES string of the molecule is Cc1nc(/C=C/C(=O)Nc2ccnn2Cc2ccc(Cl)cc2Cl)cs1. The third-order valence-corrected chi connectivity index (χ3v) is 4.72. The second kappa shape index (κ2) is 7.82. The minimum Gasteiger partial charge on any atom is -0.307 e. The largest absolute Gasteiger partial charge is 0.307 e. The summed E-state index contributed by atoms with van der Waals surface area (Å²) in [7, 11) is 0. The maximum absolute atomic E-state index is 12.1. The molecule has 0 aliphatic rings. The molecule has 128 valence electrons. The molecule has 1 amide bonds. The highest BCUT2D eigenvalue weighted by atomic mass is 35.5. The van der Waals surface area contributed by atoms with E-state index in [-0.39, 0.29) is 5.91 Å². The van der Waals surface area contributed by atoms with Gasteiger partial charge >= 0.3 is 0 Å². The van der Waals surface area contributed by atoms with Crippen LogP contribution in [0.15, 0.2) is 41.9 Å². The first-order valence-corrected chi connectivity index (χ1v) is 9.02. The molecule has 0 radical (unpaired) electrons. The molecule has 3 rings (SSSR count). The second-order valence-electron chi connectivity index (χ2n) is 5.22. The van der Waals surface area contributed by atoms with Gasteiger partial charge in [-0.05, 0) is 30.7 Å². The molecule has 0 spiro atoms. The fraction of sp³-hybridized carbons (Fsp3) is 0.118. The van der Waals surface area contributed by atoms with Gasteiger partial charge in [0.1, 0.15) is 5.82 Å². The molecule has 3 aromatic rings. The Kier molecular flexibility index (Phi) is 5.53. The van der Waals surface area contributed by atoms with Crippen LogP contribution < -0.4 is 5.32 Å². The topological polar surface area (TPSA) is 59.8 Å². The van der Waals surface area contributed by atoms with Crippen molar-refractivity contribution in [2.24, 2.45) is 0 Å².